The van der Waals surface area contributed by atoms with Crippen LogP contribution in [0.4, 0.5) is 24.7 Å². The van der Waals surface area contributed by atoms with Crippen molar-refractivity contribution < 1.29 is 31.5 Å². The van der Waals surface area contributed by atoms with E-state index in [1.54, 1.807) is 18.2 Å². The molecule has 1 aliphatic heterocycles. The fourth-order valence-electron chi connectivity index (χ4n) is 6.01. The normalized spacial score (nSPS) is 13.8. The summed E-state index contributed by atoms with van der Waals surface area (Å²) < 4.78 is 69.7. The van der Waals surface area contributed by atoms with Gasteiger partial charge in [-0.1, -0.05) is 48.5 Å². The zero-order chi connectivity index (χ0) is 37.6. The van der Waals surface area contributed by atoms with Crippen molar-refractivity contribution in [2.75, 3.05) is 48.7 Å². The quantitative estimate of drug-likeness (QED) is 0.0921. The van der Waals surface area contributed by atoms with Crippen LogP contribution < -0.4 is 14.9 Å². The van der Waals surface area contributed by atoms with E-state index in [1.165, 1.54) is 23.4 Å². The minimum absolute atomic E-state index is 0.202. The molecule has 1 fully saturated rings. The number of nitrogens with one attached hydrogen (secondary N) is 2. The van der Waals surface area contributed by atoms with E-state index in [2.05, 4.69) is 38.6 Å². The van der Waals surface area contributed by atoms with Crippen LogP contribution in [0.1, 0.15) is 27.2 Å². The Morgan fingerprint density at radius 2 is 1.66 bits per heavy atom. The average molecular weight is 763 g/mol. The highest BCUT2D eigenvalue weighted by Gasteiger charge is 2.35. The number of halogens is 3. The lowest BCUT2D eigenvalue weighted by atomic mass is 9.98. The molecular formula is C38H37F3N6O4S2. The second-order valence-electron chi connectivity index (χ2n) is 12.5. The van der Waals surface area contributed by atoms with E-state index in [9.17, 15) is 31.5 Å². The fraction of sp³-hybridized carbons (Fsp3) is 0.237. The van der Waals surface area contributed by atoms with Crippen LogP contribution in [0.15, 0.2) is 113 Å². The van der Waals surface area contributed by atoms with Gasteiger partial charge in [-0.2, -0.15) is 13.2 Å². The van der Waals surface area contributed by atoms with Gasteiger partial charge in [-0.15, -0.1) is 22.0 Å². The van der Waals surface area contributed by atoms with Crippen molar-refractivity contribution in [1.29, 1.82) is 0 Å². The first-order chi connectivity index (χ1) is 25.4. The van der Waals surface area contributed by atoms with E-state index in [4.69, 9.17) is 0 Å². The molecular weight excluding hydrogens is 726 g/mol. The summed E-state index contributed by atoms with van der Waals surface area (Å²) >= 11 is 1.47. The Hall–Kier alpha value is -5.12. The predicted octanol–water partition coefficient (Wildman–Crippen LogP) is 6.82. The van der Waals surface area contributed by atoms with Gasteiger partial charge in [0.05, 0.1) is 10.5 Å². The van der Waals surface area contributed by atoms with Gasteiger partial charge in [0.25, 0.3) is 15.9 Å². The van der Waals surface area contributed by atoms with Crippen LogP contribution in [0.3, 0.4) is 0 Å². The van der Waals surface area contributed by atoms with Crippen LogP contribution in [0.25, 0.3) is 11.1 Å². The van der Waals surface area contributed by atoms with E-state index in [0.29, 0.717) is 30.7 Å². The van der Waals surface area contributed by atoms with Crippen LogP contribution >= 0.6 is 11.8 Å². The highest BCUT2D eigenvalue weighted by Crippen LogP contribution is 2.36. The number of carbonyl (C=O) groups is 1. The summed E-state index contributed by atoms with van der Waals surface area (Å²) in [5, 5.41) is 20.6. The molecule has 15 heteroatoms. The summed E-state index contributed by atoms with van der Waals surface area (Å²) in [5.74, 6) is 0.0934. The number of aryl methyl sites for hydroxylation is 1. The highest BCUT2D eigenvalue weighted by atomic mass is 32.2. The van der Waals surface area contributed by atoms with Gasteiger partial charge < -0.3 is 15.3 Å². The number of thioether (sulfide) groups is 1. The molecule has 1 amide bonds. The third-order valence-electron chi connectivity index (χ3n) is 8.70. The number of benzene rings is 4. The van der Waals surface area contributed by atoms with Crippen LogP contribution in [-0.2, 0) is 22.7 Å². The first kappa shape index (κ1) is 37.6. The molecule has 0 radical (unpaired) electrons. The minimum Gasteiger partial charge on any atom is -0.508 e. The molecule has 0 aliphatic carbocycles. The Kier molecular flexibility index (Phi) is 11.6. The lowest BCUT2D eigenvalue weighted by molar-refractivity contribution is -0.137. The number of aromatic hydroxyl groups is 1. The van der Waals surface area contributed by atoms with Gasteiger partial charge >= 0.3 is 6.18 Å². The summed E-state index contributed by atoms with van der Waals surface area (Å²) in [5.41, 5.74) is 2.56. The van der Waals surface area contributed by atoms with Crippen LogP contribution in [0.5, 0.6) is 5.75 Å². The number of phenolic OH excluding ortho intramolecular Hbond substituents is 1. The molecule has 1 saturated heterocycles. The zero-order valence-corrected chi connectivity index (χ0v) is 30.3. The minimum atomic E-state index is -4.85. The van der Waals surface area contributed by atoms with Gasteiger partial charge in [0.1, 0.15) is 5.75 Å². The molecule has 53 heavy (non-hydrogen) atoms. The first-order valence-corrected chi connectivity index (χ1v) is 19.2. The Bertz CT molecular complexity index is 2160. The number of amides is 1. The molecule has 3 N–H and O–H groups in total. The number of rotatable bonds is 12. The van der Waals surface area contributed by atoms with Gasteiger partial charge in [-0.25, -0.2) is 13.1 Å². The van der Waals surface area contributed by atoms with Crippen molar-refractivity contribution in [3.63, 3.8) is 0 Å². The lowest BCUT2D eigenvalue weighted by Crippen LogP contribution is -2.46. The highest BCUT2D eigenvalue weighted by molar-refractivity contribution is 7.99. The number of hydrogen-bond acceptors (Lipinski definition) is 10. The molecule has 2 heterocycles. The van der Waals surface area contributed by atoms with Gasteiger partial charge in [0.15, 0.2) is 11.5 Å². The Balaban J connectivity index is 1.02. The van der Waals surface area contributed by atoms with E-state index >= 15 is 0 Å². The molecule has 5 aromatic rings. The zero-order valence-electron chi connectivity index (χ0n) is 28.7. The maximum atomic E-state index is 14.0. The molecule has 1 aliphatic rings. The Labute approximate surface area is 310 Å². The molecule has 0 spiro atoms. The van der Waals surface area contributed by atoms with Crippen LogP contribution in [-0.4, -0.2) is 73.0 Å². The molecule has 6 rings (SSSR count). The number of piperazine rings is 1. The number of hydrogen-bond donors (Lipinski definition) is 3. The smallest absolute Gasteiger partial charge is 0.418 e. The van der Waals surface area contributed by atoms with Gasteiger partial charge in [0.2, 0.25) is 0 Å². The third-order valence-corrected chi connectivity index (χ3v) is 11.0. The molecule has 276 valence electrons. The third kappa shape index (κ3) is 9.66. The second-order valence-corrected chi connectivity index (χ2v) is 15.3. The summed E-state index contributed by atoms with van der Waals surface area (Å²) in [6, 6.07) is 28.3. The lowest BCUT2D eigenvalue weighted by Gasteiger charge is -2.35. The number of nitrogens with zero attached hydrogens (tertiary/aromatic N) is 4. The maximum Gasteiger partial charge on any atom is 0.418 e. The van der Waals surface area contributed by atoms with Crippen LogP contribution in [0.2, 0.25) is 0 Å². The molecule has 0 unspecified atom stereocenters. The number of alkyl halides is 3. The number of aromatic nitrogens is 2. The van der Waals surface area contributed by atoms with Crippen molar-refractivity contribution in [3.05, 3.63) is 126 Å². The summed E-state index contributed by atoms with van der Waals surface area (Å²) in [7, 11) is -4.68. The van der Waals surface area contributed by atoms with Crippen molar-refractivity contribution in [3.8, 4) is 16.9 Å². The van der Waals surface area contributed by atoms with Crippen molar-refractivity contribution in [2.45, 2.75) is 29.4 Å². The topological polar surface area (TPSA) is 128 Å². The van der Waals surface area contributed by atoms with Crippen molar-refractivity contribution in [1.82, 2.24) is 19.8 Å². The van der Waals surface area contributed by atoms with Crippen molar-refractivity contribution in [2.24, 2.45) is 0 Å². The summed E-state index contributed by atoms with van der Waals surface area (Å²) in [6.07, 6.45) is -4.85. The van der Waals surface area contributed by atoms with Gasteiger partial charge in [0, 0.05) is 55.6 Å². The molecule has 10 nitrogen and oxygen atoms in total. The number of sulfonamides is 1. The van der Waals surface area contributed by atoms with Gasteiger partial charge in [-0.05, 0) is 83.8 Å². The summed E-state index contributed by atoms with van der Waals surface area (Å²) in [6.45, 7) is 5.79. The monoisotopic (exact) mass is 762 g/mol. The molecule has 1 aromatic heterocycles. The first-order valence-electron chi connectivity index (χ1n) is 16.8. The van der Waals surface area contributed by atoms with E-state index in [0.717, 1.165) is 53.4 Å². The Morgan fingerprint density at radius 3 is 2.34 bits per heavy atom. The summed E-state index contributed by atoms with van der Waals surface area (Å²) in [4.78, 5) is 17.4. The molecule has 4 aromatic carbocycles. The van der Waals surface area contributed by atoms with E-state index < -0.39 is 32.6 Å². The maximum absolute atomic E-state index is 14.0. The fourth-order valence-corrected chi connectivity index (χ4v) is 7.79. The standard InChI is InChI=1S/C38H37F3N6O4S2/c1-26-22-27(10-12-32(26)28-6-5-7-29(48)23-28)25-46-17-19-47(20-18-46)36-15-14-35(43-44-36)37(49)45-53(50,51)31-11-13-34(33(24-31)38(39,40)41)42-16-21-52-30-8-3-2-4-9-30/h2-15,22-24,42,48H,16-21,25H2,1H3,(H,45,49). The molecule has 0 atom stereocenters. The Morgan fingerprint density at radius 1 is 0.887 bits per heavy atom. The van der Waals surface area contributed by atoms with E-state index in [-0.39, 0.29) is 23.7 Å². The average Bonchev–Trinajstić information content (AvgIpc) is 3.14. The number of anilines is 2. The van der Waals surface area contributed by atoms with Crippen molar-refractivity contribution >= 4 is 39.2 Å². The predicted molar refractivity (Wildman–Crippen MR) is 200 cm³/mol. The number of phenols is 1. The van der Waals surface area contributed by atoms with Gasteiger partial charge in [-0.3, -0.25) is 9.69 Å². The molecule has 0 bridgehead atoms. The molecule has 0 saturated carbocycles. The largest absolute Gasteiger partial charge is 0.508 e. The number of carbonyl (C=O) groups excluding carboxylic acids is 1. The SMILES string of the molecule is Cc1cc(CN2CCN(c3ccc(C(=O)NS(=O)(=O)c4ccc(NCCSc5ccccc5)c(C(F)(F)F)c4)nn3)CC2)ccc1-c1cccc(O)c1. The van der Waals surface area contributed by atoms with Crippen LogP contribution in [0, 0.1) is 6.92 Å². The second kappa shape index (κ2) is 16.3. The van der Waals surface area contributed by atoms with E-state index in [1.807, 2.05) is 59.0 Å².